The second-order valence-electron chi connectivity index (χ2n) is 11.1. The van der Waals surface area contributed by atoms with Gasteiger partial charge in [-0.2, -0.15) is 0 Å². The predicted octanol–water partition coefficient (Wildman–Crippen LogP) is 2.26. The van der Waals surface area contributed by atoms with Crippen LogP contribution >= 0.6 is 11.6 Å². The van der Waals surface area contributed by atoms with Crippen LogP contribution in [0.1, 0.15) is 37.8 Å². The number of amides is 1. The number of sulfone groups is 1. The molecular formula is C27H30B3ClN2O5S. The first-order valence-corrected chi connectivity index (χ1v) is 15.0. The number of benzene rings is 2. The summed E-state index contributed by atoms with van der Waals surface area (Å²) in [4.78, 5) is 17.1. The lowest BCUT2D eigenvalue weighted by Crippen LogP contribution is -2.57. The molecule has 3 heterocycles. The largest absolute Gasteiger partial charge is 0.492 e. The Morgan fingerprint density at radius 1 is 1.08 bits per heavy atom. The number of piperidine rings is 1. The average Bonchev–Trinajstić information content (AvgIpc) is 3.07. The van der Waals surface area contributed by atoms with E-state index in [1.54, 1.807) is 26.0 Å². The Hall–Kier alpha value is -1.94. The summed E-state index contributed by atoms with van der Waals surface area (Å²) in [7, 11) is 14.5. The van der Waals surface area contributed by atoms with Crippen molar-refractivity contribution in [1.29, 1.82) is 0 Å². The van der Waals surface area contributed by atoms with Gasteiger partial charge in [0.25, 0.3) is 0 Å². The van der Waals surface area contributed by atoms with Crippen LogP contribution in [0.3, 0.4) is 0 Å². The van der Waals surface area contributed by atoms with Crippen molar-refractivity contribution in [3.8, 4) is 5.75 Å². The number of anilines is 1. The van der Waals surface area contributed by atoms with Crippen LogP contribution in [0.5, 0.6) is 5.75 Å². The highest BCUT2D eigenvalue weighted by atomic mass is 35.5. The van der Waals surface area contributed by atoms with Crippen LogP contribution in [0.2, 0.25) is 5.02 Å². The Morgan fingerprint density at radius 2 is 1.72 bits per heavy atom. The molecule has 0 saturated carbocycles. The molecule has 200 valence electrons. The van der Waals surface area contributed by atoms with Gasteiger partial charge in [-0.1, -0.05) is 29.0 Å². The van der Waals surface area contributed by atoms with Gasteiger partial charge in [-0.25, -0.2) is 8.42 Å². The third-order valence-corrected chi connectivity index (χ3v) is 11.4. The lowest BCUT2D eigenvalue weighted by Gasteiger charge is -2.42. The quantitative estimate of drug-likeness (QED) is 0.460. The number of hydrogen-bond donors (Lipinski definition) is 0. The van der Waals surface area contributed by atoms with Gasteiger partial charge >= 0.3 is 0 Å². The smallest absolute Gasteiger partial charge is 0.236 e. The maximum absolute atomic E-state index is 13.6. The number of ether oxygens (including phenoxy) is 2. The minimum Gasteiger partial charge on any atom is -0.492 e. The van der Waals surface area contributed by atoms with E-state index < -0.39 is 30.5 Å². The summed E-state index contributed by atoms with van der Waals surface area (Å²) >= 11 is 6.29. The fourth-order valence-electron chi connectivity index (χ4n) is 5.93. The molecule has 2 saturated heterocycles. The van der Waals surface area contributed by atoms with E-state index in [1.165, 1.54) is 4.90 Å². The van der Waals surface area contributed by atoms with Crippen molar-refractivity contribution in [3.05, 3.63) is 58.6 Å². The number of fused-ring (bicyclic) bond motifs is 2. The summed E-state index contributed by atoms with van der Waals surface area (Å²) < 4.78 is 36.2. The first-order chi connectivity index (χ1) is 18.3. The summed E-state index contributed by atoms with van der Waals surface area (Å²) in [5.41, 5.74) is 1.38. The van der Waals surface area contributed by atoms with Crippen LogP contribution in [0.25, 0.3) is 0 Å². The van der Waals surface area contributed by atoms with Gasteiger partial charge < -0.3 is 14.4 Å². The summed E-state index contributed by atoms with van der Waals surface area (Å²) in [6.07, 6.45) is 1.16. The lowest BCUT2D eigenvalue weighted by atomic mass is 9.48. The minimum absolute atomic E-state index is 0.171. The number of hydrogen-bond acceptors (Lipinski definition) is 6. The van der Waals surface area contributed by atoms with Crippen molar-refractivity contribution >= 4 is 56.6 Å². The average molecular weight is 563 g/mol. The molecule has 0 unspecified atom stereocenters. The number of halogens is 1. The minimum atomic E-state index is -3.37. The molecule has 6 radical (unpaired) electrons. The van der Waals surface area contributed by atoms with Crippen LogP contribution in [-0.2, 0) is 29.5 Å². The van der Waals surface area contributed by atoms with E-state index in [2.05, 4.69) is 4.90 Å². The third kappa shape index (κ3) is 4.73. The fourth-order valence-corrected chi connectivity index (χ4v) is 7.97. The molecule has 2 aromatic carbocycles. The maximum Gasteiger partial charge on any atom is 0.236 e. The molecule has 1 amide bonds. The molecule has 0 atom stereocenters. The zero-order valence-electron chi connectivity index (χ0n) is 22.2. The Kier molecular flexibility index (Phi) is 7.45. The molecule has 0 bridgehead atoms. The molecule has 3 aliphatic heterocycles. The Balaban J connectivity index is 1.20. The predicted molar refractivity (Wildman–Crippen MR) is 155 cm³/mol. The highest BCUT2D eigenvalue weighted by molar-refractivity contribution is 7.93. The molecule has 2 aromatic rings. The zero-order chi connectivity index (χ0) is 28.2. The van der Waals surface area contributed by atoms with Gasteiger partial charge in [0.05, 0.1) is 47.4 Å². The molecule has 2 fully saturated rings. The molecule has 5 rings (SSSR count). The zero-order valence-corrected chi connectivity index (χ0v) is 23.8. The molecular weight excluding hydrogens is 532 g/mol. The van der Waals surface area contributed by atoms with Crippen molar-refractivity contribution in [2.45, 2.75) is 47.3 Å². The second kappa shape index (κ2) is 10.2. The summed E-state index contributed by atoms with van der Waals surface area (Å²) in [6, 6.07) is 12.5. The van der Waals surface area contributed by atoms with E-state index in [-0.39, 0.29) is 19.1 Å². The van der Waals surface area contributed by atoms with Crippen LogP contribution in [0.15, 0.2) is 42.5 Å². The first-order valence-electron chi connectivity index (χ1n) is 13.1. The molecule has 39 heavy (non-hydrogen) atoms. The molecule has 12 heteroatoms. The lowest BCUT2D eigenvalue weighted by molar-refractivity contribution is -0.125. The molecule has 7 nitrogen and oxygen atoms in total. The Morgan fingerprint density at radius 3 is 2.26 bits per heavy atom. The van der Waals surface area contributed by atoms with Crippen LogP contribution < -0.4 is 9.64 Å². The molecule has 0 aromatic heterocycles. The molecule has 0 N–H and O–H groups in total. The van der Waals surface area contributed by atoms with Crippen molar-refractivity contribution < 1.29 is 22.7 Å². The maximum atomic E-state index is 13.6. The summed E-state index contributed by atoms with van der Waals surface area (Å²) in [5.74, 6) is 0.470. The van der Waals surface area contributed by atoms with E-state index in [1.807, 2.05) is 30.3 Å². The molecule has 1 spiro atoms. The molecule has 0 aliphatic carbocycles. The second-order valence-corrected chi connectivity index (χ2v) is 14.3. The standard InChI is InChI=1S/C27H30B3ClN2O5S/c1-18(2)39(35,36)26(16-37-17-26)19-3-6-21(7-4-19)38-14-13-32-11-9-25(10-12-32)22-15-20(31)5-8-23(22)33(24(25)34)27(28,29)30/h3-8,15,18H,9-14,16-17H2,1-2H3. The van der Waals surface area contributed by atoms with E-state index >= 15 is 0 Å². The van der Waals surface area contributed by atoms with Gasteiger partial charge in [-0.15, -0.1) is 0 Å². The number of nitrogens with zero attached hydrogens (tertiary/aromatic N) is 2. The summed E-state index contributed by atoms with van der Waals surface area (Å²) in [6.45, 7) is 6.21. The monoisotopic (exact) mass is 562 g/mol. The van der Waals surface area contributed by atoms with E-state index in [0.717, 1.165) is 11.1 Å². The van der Waals surface area contributed by atoms with Gasteiger partial charge in [0.15, 0.2) is 9.84 Å². The van der Waals surface area contributed by atoms with Crippen LogP contribution in [-0.4, -0.2) is 92.7 Å². The van der Waals surface area contributed by atoms with Crippen molar-refractivity contribution in [3.63, 3.8) is 0 Å². The third-order valence-electron chi connectivity index (χ3n) is 8.32. The van der Waals surface area contributed by atoms with Crippen molar-refractivity contribution in [1.82, 2.24) is 4.90 Å². The number of carbonyl (C=O) groups is 1. The summed E-state index contributed by atoms with van der Waals surface area (Å²) in [5, 5.41) is -1.76. The van der Waals surface area contributed by atoms with Crippen LogP contribution in [0, 0.1) is 0 Å². The van der Waals surface area contributed by atoms with E-state index in [4.69, 9.17) is 44.6 Å². The number of carbonyl (C=O) groups excluding carboxylic acids is 1. The molecule has 3 aliphatic rings. The normalized spacial score (nSPS) is 20.7. The SMILES string of the molecule is [B]C([B])([B])N1C(=O)C2(CCN(CCOc3ccc(C4(S(=O)(=O)C(C)C)COC4)cc3)CC2)c2cc(Cl)ccc21. The van der Waals surface area contributed by atoms with Crippen molar-refractivity contribution in [2.75, 3.05) is 44.4 Å². The Bertz CT molecular complexity index is 1350. The van der Waals surface area contributed by atoms with E-state index in [0.29, 0.717) is 55.5 Å². The Labute approximate surface area is 239 Å². The van der Waals surface area contributed by atoms with E-state index in [9.17, 15) is 13.2 Å². The van der Waals surface area contributed by atoms with Gasteiger partial charge in [0.2, 0.25) is 5.91 Å². The topological polar surface area (TPSA) is 76.2 Å². The fraction of sp³-hybridized carbons (Fsp3) is 0.519. The number of rotatable bonds is 8. The van der Waals surface area contributed by atoms with Gasteiger partial charge in [0, 0.05) is 17.3 Å². The number of likely N-dealkylation sites (tertiary alicyclic amines) is 1. The van der Waals surface area contributed by atoms with Gasteiger partial charge in [0.1, 0.15) is 17.1 Å². The highest BCUT2D eigenvalue weighted by Crippen LogP contribution is 2.50. The highest BCUT2D eigenvalue weighted by Gasteiger charge is 2.54. The van der Waals surface area contributed by atoms with Crippen LogP contribution in [0.4, 0.5) is 5.69 Å². The van der Waals surface area contributed by atoms with Gasteiger partial charge in [-0.05, 0) is 81.2 Å². The van der Waals surface area contributed by atoms with Gasteiger partial charge in [-0.3, -0.25) is 9.69 Å². The van der Waals surface area contributed by atoms with Crippen molar-refractivity contribution in [2.24, 2.45) is 0 Å². The first kappa shape index (κ1) is 28.6.